The van der Waals surface area contributed by atoms with E-state index < -0.39 is 9.85 Å². The summed E-state index contributed by atoms with van der Waals surface area (Å²) in [4.78, 5) is 41.4. The Bertz CT molecular complexity index is 707. The lowest BCUT2D eigenvalue weighted by Crippen LogP contribution is -2.48. The molecule has 2 aromatic rings. The number of Topliss-reactive ketones (excluding diaryl/α,β-unsaturated/α-hetero) is 2. The summed E-state index contributed by atoms with van der Waals surface area (Å²) in [6, 6.07) is 11.8. The van der Waals surface area contributed by atoms with Crippen LogP contribution in [0.5, 0.6) is 0 Å². The summed E-state index contributed by atoms with van der Waals surface area (Å²) in [5, 5.41) is 20.8. The maximum absolute atomic E-state index is 10.9. The molecule has 0 aliphatic carbocycles. The zero-order valence-corrected chi connectivity index (χ0v) is 21.7. The Balaban J connectivity index is -0.000000123. The minimum absolute atomic E-state index is 0. The fourth-order valence-electron chi connectivity index (χ4n) is 1.86. The second kappa shape index (κ2) is 28.5. The first-order chi connectivity index (χ1) is 16.1. The van der Waals surface area contributed by atoms with Crippen molar-refractivity contribution in [1.82, 2.24) is 0 Å². The normalized spacial score (nSPS) is 7.83. The van der Waals surface area contributed by atoms with Gasteiger partial charge in [-0.2, -0.15) is 0 Å². The molecular formula is C25H45N4O6+. The predicted molar refractivity (Wildman–Crippen MR) is 144 cm³/mol. The van der Waals surface area contributed by atoms with Crippen molar-refractivity contribution in [3.63, 3.8) is 0 Å². The van der Waals surface area contributed by atoms with Crippen LogP contribution in [0, 0.1) is 20.2 Å². The smallest absolute Gasteiger partial charge is 0.280 e. The number of rotatable bonds is 4. The zero-order chi connectivity index (χ0) is 27.7. The third-order valence-electron chi connectivity index (χ3n) is 2.96. The van der Waals surface area contributed by atoms with Crippen LogP contribution in [-0.4, -0.2) is 34.5 Å². The van der Waals surface area contributed by atoms with E-state index in [2.05, 4.69) is 5.73 Å². The summed E-state index contributed by atoms with van der Waals surface area (Å²) < 4.78 is 0. The quantitative estimate of drug-likeness (QED) is 0.318. The fourth-order valence-corrected chi connectivity index (χ4v) is 1.86. The monoisotopic (exact) mass is 497 g/mol. The van der Waals surface area contributed by atoms with Crippen molar-refractivity contribution in [2.45, 2.75) is 62.8 Å². The number of carbonyl (C=O) groups excluding carboxylic acids is 2. The van der Waals surface area contributed by atoms with Gasteiger partial charge in [0, 0.05) is 12.1 Å². The lowest BCUT2D eigenvalue weighted by Gasteiger charge is -1.95. The van der Waals surface area contributed by atoms with E-state index in [1.54, 1.807) is 12.1 Å². The van der Waals surface area contributed by atoms with Gasteiger partial charge in [0.25, 0.3) is 11.4 Å². The highest BCUT2D eigenvalue weighted by molar-refractivity contribution is 5.98. The predicted octanol–water partition coefficient (Wildman–Crippen LogP) is 5.50. The van der Waals surface area contributed by atoms with Crippen molar-refractivity contribution < 1.29 is 25.2 Å². The molecule has 0 aliphatic heterocycles. The molecule has 0 spiro atoms. The number of ketones is 2. The molecule has 0 atom stereocenters. The molecule has 10 nitrogen and oxygen atoms in total. The summed E-state index contributed by atoms with van der Waals surface area (Å²) in [5.74, 6) is -0.579. The van der Waals surface area contributed by atoms with Crippen molar-refractivity contribution >= 4 is 22.9 Å². The molecule has 0 amide bonds. The Hall–Kier alpha value is -3.50. The second-order valence-corrected chi connectivity index (χ2v) is 5.57. The molecule has 0 fully saturated rings. The van der Waals surface area contributed by atoms with Crippen LogP contribution in [-0.2, 0) is 0 Å². The molecule has 0 bridgehead atoms. The first kappa shape index (κ1) is 41.7. The largest absolute Gasteiger partial charge is 0.358 e. The van der Waals surface area contributed by atoms with E-state index in [0.717, 1.165) is 13.1 Å². The SMILES string of the molecule is C.CC.CC.CC(=O)c1ccccc1[N+](=O)[O-].CC(=O)c1ccccc1[N+](=O)[O-].CCN.CC[NH3+]. The van der Waals surface area contributed by atoms with Gasteiger partial charge >= 0.3 is 0 Å². The van der Waals surface area contributed by atoms with Crippen molar-refractivity contribution in [2.24, 2.45) is 5.73 Å². The van der Waals surface area contributed by atoms with Gasteiger partial charge in [-0.1, -0.05) is 66.3 Å². The lowest BCUT2D eigenvalue weighted by molar-refractivity contribution is -0.385. The molecular weight excluding hydrogens is 452 g/mol. The fraction of sp³-hybridized carbons (Fsp3) is 0.440. The van der Waals surface area contributed by atoms with E-state index in [1.165, 1.54) is 50.2 Å². The number of hydrogen-bond acceptors (Lipinski definition) is 7. The van der Waals surface area contributed by atoms with Crippen LogP contribution in [0.4, 0.5) is 11.4 Å². The van der Waals surface area contributed by atoms with Gasteiger partial charge in [-0.15, -0.1) is 0 Å². The molecule has 0 saturated heterocycles. The van der Waals surface area contributed by atoms with Crippen LogP contribution in [0.25, 0.3) is 0 Å². The van der Waals surface area contributed by atoms with Crippen LogP contribution in [0.3, 0.4) is 0 Å². The molecule has 0 saturated carbocycles. The van der Waals surface area contributed by atoms with Gasteiger partial charge in [-0.25, -0.2) is 0 Å². The van der Waals surface area contributed by atoms with Crippen molar-refractivity contribution in [3.8, 4) is 0 Å². The minimum atomic E-state index is -0.559. The van der Waals surface area contributed by atoms with Crippen LogP contribution in [0.15, 0.2) is 48.5 Å². The van der Waals surface area contributed by atoms with Gasteiger partial charge in [0.2, 0.25) is 0 Å². The molecule has 2 aromatic carbocycles. The van der Waals surface area contributed by atoms with Gasteiger partial charge in [-0.05, 0) is 39.4 Å². The molecule has 0 heterocycles. The zero-order valence-electron chi connectivity index (χ0n) is 21.7. The standard InChI is InChI=1S/2C8H7NO3.2C2H7N.2C2H6.CH4/c2*1-6(10)7-4-2-3-5-8(7)9(11)12;2*1-2-3;2*1-2;/h2*2-5H,1H3;2*2-3H2,1H3;2*1-2H3;1H4/p+1. The highest BCUT2D eigenvalue weighted by Crippen LogP contribution is 2.18. The number of hydrogen-bond donors (Lipinski definition) is 2. The molecule has 2 rings (SSSR count). The van der Waals surface area contributed by atoms with E-state index in [9.17, 15) is 29.8 Å². The third-order valence-corrected chi connectivity index (χ3v) is 2.96. The summed E-state index contributed by atoms with van der Waals surface area (Å²) >= 11 is 0. The first-order valence-electron chi connectivity index (χ1n) is 11.1. The van der Waals surface area contributed by atoms with Crippen LogP contribution in [0.1, 0.15) is 83.5 Å². The first-order valence-corrected chi connectivity index (χ1v) is 11.1. The van der Waals surface area contributed by atoms with Crippen LogP contribution >= 0.6 is 0 Å². The number of benzene rings is 2. The summed E-state index contributed by atoms with van der Waals surface area (Å²) in [7, 11) is 0. The molecule has 5 N–H and O–H groups in total. The molecule has 10 heteroatoms. The average Bonchev–Trinajstić information content (AvgIpc) is 2.83. The Kier molecular flexibility index (Phi) is 34.0. The molecule has 0 aliphatic rings. The highest BCUT2D eigenvalue weighted by Gasteiger charge is 2.15. The molecule has 35 heavy (non-hydrogen) atoms. The van der Waals surface area contributed by atoms with Crippen molar-refractivity contribution in [3.05, 3.63) is 79.9 Å². The minimum Gasteiger partial charge on any atom is -0.358 e. The van der Waals surface area contributed by atoms with Crippen LogP contribution in [0.2, 0.25) is 0 Å². The van der Waals surface area contributed by atoms with E-state index in [1.807, 2.05) is 41.5 Å². The van der Waals surface area contributed by atoms with Gasteiger partial charge in [0.1, 0.15) is 0 Å². The number of nitro groups is 2. The van der Waals surface area contributed by atoms with Crippen molar-refractivity contribution in [1.29, 1.82) is 0 Å². The summed E-state index contributed by atoms with van der Waals surface area (Å²) in [6.07, 6.45) is 0. The maximum atomic E-state index is 10.9. The number of quaternary nitrogens is 1. The lowest BCUT2D eigenvalue weighted by atomic mass is 10.1. The van der Waals surface area contributed by atoms with Gasteiger partial charge < -0.3 is 11.5 Å². The van der Waals surface area contributed by atoms with Gasteiger partial charge in [0.15, 0.2) is 11.6 Å². The van der Waals surface area contributed by atoms with Crippen molar-refractivity contribution in [2.75, 3.05) is 13.1 Å². The topological polar surface area (TPSA) is 174 Å². The number of para-hydroxylation sites is 2. The Labute approximate surface area is 210 Å². The van der Waals surface area contributed by atoms with E-state index >= 15 is 0 Å². The molecule has 0 aromatic heterocycles. The molecule has 0 radical (unpaired) electrons. The number of nitrogens with zero attached hydrogens (tertiary/aromatic N) is 2. The maximum Gasteiger partial charge on any atom is 0.280 e. The van der Waals surface area contributed by atoms with Gasteiger partial charge in [0.05, 0.1) is 27.5 Å². The van der Waals surface area contributed by atoms with E-state index in [4.69, 9.17) is 5.73 Å². The average molecular weight is 498 g/mol. The summed E-state index contributed by atoms with van der Waals surface area (Å²) in [6.45, 7) is 16.3. The number of nitro benzene ring substituents is 2. The second-order valence-electron chi connectivity index (χ2n) is 5.57. The highest BCUT2D eigenvalue weighted by atomic mass is 16.6. The number of carbonyl (C=O) groups is 2. The Morgan fingerprint density at radius 3 is 1.11 bits per heavy atom. The Morgan fingerprint density at radius 1 is 0.771 bits per heavy atom. The van der Waals surface area contributed by atoms with E-state index in [-0.39, 0.29) is 41.5 Å². The molecule has 0 unspecified atom stereocenters. The van der Waals surface area contributed by atoms with E-state index in [0.29, 0.717) is 0 Å². The molecule has 200 valence electrons. The van der Waals surface area contributed by atoms with Gasteiger partial charge in [-0.3, -0.25) is 29.8 Å². The summed E-state index contributed by atoms with van der Waals surface area (Å²) in [5.41, 5.74) is 8.38. The van der Waals surface area contributed by atoms with Crippen LogP contribution < -0.4 is 11.5 Å². The number of nitrogens with two attached hydrogens (primary N) is 1. The Morgan fingerprint density at radius 2 is 0.971 bits per heavy atom. The third kappa shape index (κ3) is 20.8.